The third-order valence-electron chi connectivity index (χ3n) is 4.21. The van der Waals surface area contributed by atoms with Crippen LogP contribution in [0.25, 0.3) is 0 Å². The van der Waals surface area contributed by atoms with E-state index in [9.17, 15) is 4.79 Å². The molecule has 6 nitrogen and oxygen atoms in total. The third-order valence-corrected chi connectivity index (χ3v) is 4.21. The fourth-order valence-electron chi connectivity index (χ4n) is 2.70. The number of rotatable bonds is 4. The summed E-state index contributed by atoms with van der Waals surface area (Å²) in [5, 5.41) is 8.11. The molecular formula is C13H20N4O2. The molecule has 19 heavy (non-hydrogen) atoms. The number of nitrogens with zero attached hydrogens (tertiary/aromatic N) is 4. The molecule has 2 aliphatic rings. The minimum atomic E-state index is 0.0131. The number of ether oxygens (including phenoxy) is 1. The molecule has 3 rings (SSSR count). The summed E-state index contributed by atoms with van der Waals surface area (Å²) in [5.41, 5.74) is 0.648. The molecule has 0 aromatic carbocycles. The molecule has 104 valence electrons. The quantitative estimate of drug-likeness (QED) is 0.812. The smallest absolute Gasteiger partial charge is 0.276 e. The Morgan fingerprint density at radius 3 is 2.74 bits per heavy atom. The molecule has 2 aliphatic heterocycles. The predicted molar refractivity (Wildman–Crippen MR) is 68.7 cm³/mol. The minimum absolute atomic E-state index is 0.0131. The van der Waals surface area contributed by atoms with E-state index in [4.69, 9.17) is 4.74 Å². The maximum absolute atomic E-state index is 12.2. The van der Waals surface area contributed by atoms with E-state index in [-0.39, 0.29) is 11.3 Å². The van der Waals surface area contributed by atoms with Crippen LogP contribution in [0.3, 0.4) is 0 Å². The van der Waals surface area contributed by atoms with Gasteiger partial charge in [-0.05, 0) is 19.3 Å². The summed E-state index contributed by atoms with van der Waals surface area (Å²) in [6.45, 7) is 6.19. The van der Waals surface area contributed by atoms with E-state index in [2.05, 4.69) is 17.2 Å². The van der Waals surface area contributed by atoms with E-state index in [1.165, 1.54) is 0 Å². The van der Waals surface area contributed by atoms with Gasteiger partial charge in [-0.3, -0.25) is 9.48 Å². The SMILES string of the molecule is CCC1(Cn2cc(C(=O)N3CCCC3)nn2)COC1. The van der Waals surface area contributed by atoms with Gasteiger partial charge in [-0.1, -0.05) is 12.1 Å². The summed E-state index contributed by atoms with van der Waals surface area (Å²) < 4.78 is 7.09. The van der Waals surface area contributed by atoms with E-state index in [1.807, 2.05) is 4.90 Å². The average Bonchev–Trinajstić information content (AvgIpc) is 3.04. The molecule has 2 saturated heterocycles. The second-order valence-corrected chi connectivity index (χ2v) is 5.65. The Balaban J connectivity index is 1.67. The molecule has 0 atom stereocenters. The molecule has 3 heterocycles. The standard InChI is InChI=1S/C13H20N4O2/c1-2-13(9-19-10-13)8-17-7-11(14-15-17)12(18)16-5-3-4-6-16/h7H,2-6,8-10H2,1H3. The Morgan fingerprint density at radius 1 is 1.42 bits per heavy atom. The molecule has 2 fully saturated rings. The molecule has 1 aromatic heterocycles. The van der Waals surface area contributed by atoms with Gasteiger partial charge >= 0.3 is 0 Å². The van der Waals surface area contributed by atoms with Gasteiger partial charge in [0.25, 0.3) is 5.91 Å². The van der Waals surface area contributed by atoms with Crippen LogP contribution in [0.2, 0.25) is 0 Å². The van der Waals surface area contributed by atoms with Crippen LogP contribution in [-0.2, 0) is 11.3 Å². The van der Waals surface area contributed by atoms with Crippen molar-refractivity contribution in [3.63, 3.8) is 0 Å². The fraction of sp³-hybridized carbons (Fsp3) is 0.769. The summed E-state index contributed by atoms with van der Waals surface area (Å²) in [6, 6.07) is 0. The number of likely N-dealkylation sites (tertiary alicyclic amines) is 1. The highest BCUT2D eigenvalue weighted by molar-refractivity contribution is 5.92. The summed E-state index contributed by atoms with van der Waals surface area (Å²) >= 11 is 0. The molecular weight excluding hydrogens is 244 g/mol. The van der Waals surface area contributed by atoms with Crippen LogP contribution in [0.1, 0.15) is 36.7 Å². The van der Waals surface area contributed by atoms with E-state index in [0.29, 0.717) is 5.69 Å². The van der Waals surface area contributed by atoms with Gasteiger partial charge in [0.1, 0.15) is 0 Å². The summed E-state index contributed by atoms with van der Waals surface area (Å²) in [4.78, 5) is 14.0. The summed E-state index contributed by atoms with van der Waals surface area (Å²) in [5.74, 6) is 0.0131. The van der Waals surface area contributed by atoms with E-state index >= 15 is 0 Å². The highest BCUT2D eigenvalue weighted by Gasteiger charge is 2.37. The second-order valence-electron chi connectivity index (χ2n) is 5.65. The van der Waals surface area contributed by atoms with Crippen LogP contribution >= 0.6 is 0 Å². The zero-order valence-electron chi connectivity index (χ0n) is 11.3. The Hall–Kier alpha value is -1.43. The normalized spacial score (nSPS) is 21.4. The molecule has 6 heteroatoms. The first-order valence-electron chi connectivity index (χ1n) is 7.00. The molecule has 0 aliphatic carbocycles. The Kier molecular flexibility index (Phi) is 3.26. The monoisotopic (exact) mass is 264 g/mol. The maximum Gasteiger partial charge on any atom is 0.276 e. The maximum atomic E-state index is 12.2. The van der Waals surface area contributed by atoms with Crippen molar-refractivity contribution in [1.29, 1.82) is 0 Å². The van der Waals surface area contributed by atoms with Gasteiger partial charge in [-0.25, -0.2) is 0 Å². The highest BCUT2D eigenvalue weighted by atomic mass is 16.5. The van der Waals surface area contributed by atoms with E-state index in [1.54, 1.807) is 10.9 Å². The first-order chi connectivity index (χ1) is 9.22. The lowest BCUT2D eigenvalue weighted by atomic mass is 9.83. The molecule has 0 radical (unpaired) electrons. The zero-order valence-corrected chi connectivity index (χ0v) is 11.3. The van der Waals surface area contributed by atoms with Crippen LogP contribution in [0.5, 0.6) is 0 Å². The lowest BCUT2D eigenvalue weighted by Crippen LogP contribution is -2.45. The molecule has 0 saturated carbocycles. The van der Waals surface area contributed by atoms with Crippen molar-refractivity contribution in [3.8, 4) is 0 Å². The molecule has 1 amide bonds. The minimum Gasteiger partial charge on any atom is -0.380 e. The van der Waals surface area contributed by atoms with Gasteiger partial charge in [-0.15, -0.1) is 5.10 Å². The number of hydrogen-bond donors (Lipinski definition) is 0. The molecule has 1 aromatic rings. The largest absolute Gasteiger partial charge is 0.380 e. The van der Waals surface area contributed by atoms with Gasteiger partial charge < -0.3 is 9.64 Å². The molecule has 0 bridgehead atoms. The summed E-state index contributed by atoms with van der Waals surface area (Å²) in [7, 11) is 0. The average molecular weight is 264 g/mol. The van der Waals surface area contributed by atoms with E-state index < -0.39 is 0 Å². The van der Waals surface area contributed by atoms with Crippen LogP contribution in [0.4, 0.5) is 0 Å². The first-order valence-corrected chi connectivity index (χ1v) is 7.00. The van der Waals surface area contributed by atoms with Crippen molar-refractivity contribution in [2.45, 2.75) is 32.7 Å². The van der Waals surface area contributed by atoms with Crippen molar-refractivity contribution >= 4 is 5.91 Å². The lowest BCUT2D eigenvalue weighted by molar-refractivity contribution is -0.125. The van der Waals surface area contributed by atoms with E-state index in [0.717, 1.165) is 52.1 Å². The van der Waals surface area contributed by atoms with Gasteiger partial charge in [0, 0.05) is 18.5 Å². The highest BCUT2D eigenvalue weighted by Crippen LogP contribution is 2.32. The van der Waals surface area contributed by atoms with Gasteiger partial charge in [0.05, 0.1) is 26.0 Å². The Labute approximate surface area is 112 Å². The molecule has 0 spiro atoms. The third kappa shape index (κ3) is 2.36. The van der Waals surface area contributed by atoms with Gasteiger partial charge in [0.15, 0.2) is 5.69 Å². The Morgan fingerprint density at radius 2 is 2.16 bits per heavy atom. The van der Waals surface area contributed by atoms with Gasteiger partial charge in [-0.2, -0.15) is 0 Å². The molecule has 0 N–H and O–H groups in total. The fourth-order valence-corrected chi connectivity index (χ4v) is 2.70. The van der Waals surface area contributed by atoms with Crippen molar-refractivity contribution < 1.29 is 9.53 Å². The predicted octanol–water partition coefficient (Wildman–Crippen LogP) is 0.941. The topological polar surface area (TPSA) is 60.2 Å². The van der Waals surface area contributed by atoms with Crippen LogP contribution in [0, 0.1) is 5.41 Å². The van der Waals surface area contributed by atoms with Crippen LogP contribution in [-0.4, -0.2) is 52.1 Å². The lowest BCUT2D eigenvalue weighted by Gasteiger charge is -2.40. The number of carbonyl (C=O) groups is 1. The first kappa shape index (κ1) is 12.6. The van der Waals surface area contributed by atoms with Gasteiger partial charge in [0.2, 0.25) is 0 Å². The number of hydrogen-bond acceptors (Lipinski definition) is 4. The second kappa shape index (κ2) is 4.92. The summed E-state index contributed by atoms with van der Waals surface area (Å²) in [6.07, 6.45) is 5.02. The van der Waals surface area contributed by atoms with Crippen molar-refractivity contribution in [2.24, 2.45) is 5.41 Å². The van der Waals surface area contributed by atoms with Crippen LogP contribution < -0.4 is 0 Å². The van der Waals surface area contributed by atoms with Crippen molar-refractivity contribution in [2.75, 3.05) is 26.3 Å². The number of aromatic nitrogens is 3. The van der Waals surface area contributed by atoms with Crippen molar-refractivity contribution in [1.82, 2.24) is 19.9 Å². The molecule has 0 unspecified atom stereocenters. The number of amides is 1. The van der Waals surface area contributed by atoms with Crippen molar-refractivity contribution in [3.05, 3.63) is 11.9 Å². The van der Waals surface area contributed by atoms with Crippen LogP contribution in [0.15, 0.2) is 6.20 Å². The Bertz CT molecular complexity index is 455. The zero-order chi connectivity index (χ0) is 13.3. The number of carbonyl (C=O) groups excluding carboxylic acids is 1.